The molecule has 0 atom stereocenters. The summed E-state index contributed by atoms with van der Waals surface area (Å²) in [6.45, 7) is 9.33. The number of hydrogen-bond acceptors (Lipinski definition) is 4. The van der Waals surface area contributed by atoms with Crippen molar-refractivity contribution in [2.45, 2.75) is 77.2 Å². The van der Waals surface area contributed by atoms with Gasteiger partial charge in [-0.1, -0.05) is 25.7 Å². The molecule has 0 aromatic carbocycles. The highest BCUT2D eigenvalue weighted by Crippen LogP contribution is 2.21. The Labute approximate surface area is 212 Å². The molecular formula is C24H45IN4O3. The number of ether oxygens (including phenoxy) is 2. The molecule has 2 aliphatic heterocycles. The summed E-state index contributed by atoms with van der Waals surface area (Å²) in [5.74, 6) is 1.47. The highest BCUT2D eigenvalue weighted by molar-refractivity contribution is 14.0. The third-order valence-electron chi connectivity index (χ3n) is 6.77. The van der Waals surface area contributed by atoms with Gasteiger partial charge in [0.1, 0.15) is 0 Å². The zero-order chi connectivity index (χ0) is 21.7. The number of aliphatic imine (C=N–C) groups is 1. The number of halogens is 1. The van der Waals surface area contributed by atoms with E-state index in [0.29, 0.717) is 25.2 Å². The lowest BCUT2D eigenvalue weighted by atomic mass is 9.95. The molecule has 0 radical (unpaired) electrons. The van der Waals surface area contributed by atoms with E-state index in [9.17, 15) is 4.79 Å². The summed E-state index contributed by atoms with van der Waals surface area (Å²) < 4.78 is 11.5. The van der Waals surface area contributed by atoms with Crippen LogP contribution in [0.25, 0.3) is 0 Å². The van der Waals surface area contributed by atoms with Gasteiger partial charge in [-0.05, 0) is 45.4 Å². The average molecular weight is 565 g/mol. The van der Waals surface area contributed by atoms with E-state index in [1.165, 1.54) is 38.5 Å². The monoisotopic (exact) mass is 564 g/mol. The second-order valence-electron chi connectivity index (χ2n) is 9.13. The highest BCUT2D eigenvalue weighted by Gasteiger charge is 2.30. The number of carbonyl (C=O) groups excluding carboxylic acids is 1. The van der Waals surface area contributed by atoms with E-state index < -0.39 is 0 Å². The smallest absolute Gasteiger partial charge is 0.225 e. The van der Waals surface area contributed by atoms with Crippen molar-refractivity contribution in [3.05, 3.63) is 0 Å². The quantitative estimate of drug-likeness (QED) is 0.160. The predicted molar refractivity (Wildman–Crippen MR) is 140 cm³/mol. The molecule has 3 aliphatic rings. The van der Waals surface area contributed by atoms with Crippen LogP contribution in [0.1, 0.15) is 71.1 Å². The number of morpholine rings is 1. The van der Waals surface area contributed by atoms with Gasteiger partial charge < -0.3 is 24.6 Å². The SMILES string of the molecule is CCNC(=NCCCCOC1CCCCCC1)N1CCC(C(=O)N2CCOCC2)CC1.I. The van der Waals surface area contributed by atoms with E-state index >= 15 is 0 Å². The van der Waals surface area contributed by atoms with Gasteiger partial charge in [0.2, 0.25) is 5.91 Å². The summed E-state index contributed by atoms with van der Waals surface area (Å²) in [6.07, 6.45) is 12.4. The van der Waals surface area contributed by atoms with Gasteiger partial charge in [-0.25, -0.2) is 0 Å². The molecular weight excluding hydrogens is 519 g/mol. The standard InChI is InChI=1S/C24H44N4O3.HI/c1-2-25-24(26-13-7-8-18-31-22-9-5-3-4-6-10-22)28-14-11-21(12-15-28)23(29)27-16-19-30-20-17-27;/h21-22H,2-20H2,1H3,(H,25,26);1H. The minimum atomic E-state index is 0. The van der Waals surface area contributed by atoms with Crippen LogP contribution in [0.3, 0.4) is 0 Å². The molecule has 2 saturated heterocycles. The number of unbranched alkanes of at least 4 members (excludes halogenated alkanes) is 1. The van der Waals surface area contributed by atoms with Crippen molar-refractivity contribution in [3.63, 3.8) is 0 Å². The number of rotatable bonds is 8. The Bertz CT molecular complexity index is 541. The van der Waals surface area contributed by atoms with Crippen molar-refractivity contribution in [2.75, 3.05) is 59.1 Å². The molecule has 1 saturated carbocycles. The fourth-order valence-corrected chi connectivity index (χ4v) is 4.86. The van der Waals surface area contributed by atoms with Crippen LogP contribution >= 0.6 is 24.0 Å². The van der Waals surface area contributed by atoms with Crippen molar-refractivity contribution in [1.29, 1.82) is 0 Å². The zero-order valence-electron chi connectivity index (χ0n) is 20.1. The second-order valence-corrected chi connectivity index (χ2v) is 9.13. The molecule has 0 aromatic heterocycles. The number of amides is 1. The second kappa shape index (κ2) is 16.1. The fraction of sp³-hybridized carbons (Fsp3) is 0.917. The molecule has 2 heterocycles. The lowest BCUT2D eigenvalue weighted by Gasteiger charge is -2.36. The summed E-state index contributed by atoms with van der Waals surface area (Å²) in [5.41, 5.74) is 0. The van der Waals surface area contributed by atoms with Gasteiger partial charge in [0.25, 0.3) is 0 Å². The first-order valence-electron chi connectivity index (χ1n) is 12.8. The molecule has 1 N–H and O–H groups in total. The summed E-state index contributed by atoms with van der Waals surface area (Å²) in [7, 11) is 0. The Morgan fingerprint density at radius 3 is 2.31 bits per heavy atom. The van der Waals surface area contributed by atoms with Crippen LogP contribution in [-0.4, -0.2) is 86.9 Å². The topological polar surface area (TPSA) is 66.4 Å². The molecule has 0 unspecified atom stereocenters. The van der Waals surface area contributed by atoms with Crippen molar-refractivity contribution < 1.29 is 14.3 Å². The Hall–Kier alpha value is -0.610. The van der Waals surface area contributed by atoms with Crippen LogP contribution in [0.15, 0.2) is 4.99 Å². The van der Waals surface area contributed by atoms with Gasteiger partial charge >= 0.3 is 0 Å². The van der Waals surface area contributed by atoms with Crippen LogP contribution in [0.4, 0.5) is 0 Å². The number of hydrogen-bond donors (Lipinski definition) is 1. The molecule has 8 heteroatoms. The number of piperidine rings is 1. The minimum absolute atomic E-state index is 0. The van der Waals surface area contributed by atoms with Gasteiger partial charge in [-0.15, -0.1) is 24.0 Å². The molecule has 1 amide bonds. The number of nitrogens with zero attached hydrogens (tertiary/aromatic N) is 3. The Morgan fingerprint density at radius 2 is 1.66 bits per heavy atom. The number of likely N-dealkylation sites (tertiary alicyclic amines) is 1. The van der Waals surface area contributed by atoms with Crippen LogP contribution in [0, 0.1) is 5.92 Å². The van der Waals surface area contributed by atoms with Gasteiger partial charge in [-0.3, -0.25) is 9.79 Å². The summed E-state index contributed by atoms with van der Waals surface area (Å²) in [4.78, 5) is 21.9. The highest BCUT2D eigenvalue weighted by atomic mass is 127. The summed E-state index contributed by atoms with van der Waals surface area (Å²) in [6, 6.07) is 0. The largest absolute Gasteiger partial charge is 0.378 e. The van der Waals surface area contributed by atoms with E-state index in [1.807, 2.05) is 4.90 Å². The third kappa shape index (κ3) is 9.33. The zero-order valence-corrected chi connectivity index (χ0v) is 22.4. The van der Waals surface area contributed by atoms with Gasteiger partial charge in [0, 0.05) is 51.8 Å². The molecule has 32 heavy (non-hydrogen) atoms. The van der Waals surface area contributed by atoms with E-state index in [1.54, 1.807) is 0 Å². The van der Waals surface area contributed by atoms with Crippen molar-refractivity contribution in [2.24, 2.45) is 10.9 Å². The van der Waals surface area contributed by atoms with Crippen LogP contribution < -0.4 is 5.32 Å². The molecule has 0 spiro atoms. The van der Waals surface area contributed by atoms with Crippen molar-refractivity contribution in [3.8, 4) is 0 Å². The van der Waals surface area contributed by atoms with Crippen molar-refractivity contribution in [1.82, 2.24) is 15.1 Å². The van der Waals surface area contributed by atoms with Crippen molar-refractivity contribution >= 4 is 35.8 Å². The lowest BCUT2D eigenvalue weighted by molar-refractivity contribution is -0.140. The van der Waals surface area contributed by atoms with Gasteiger partial charge in [-0.2, -0.15) is 0 Å². The molecule has 1 aliphatic carbocycles. The van der Waals surface area contributed by atoms with E-state index in [2.05, 4.69) is 17.1 Å². The normalized spacial score (nSPS) is 21.7. The Balaban J connectivity index is 0.00000363. The third-order valence-corrected chi connectivity index (χ3v) is 6.77. The van der Waals surface area contributed by atoms with Crippen LogP contribution in [0.5, 0.6) is 0 Å². The maximum atomic E-state index is 12.8. The molecule has 7 nitrogen and oxygen atoms in total. The summed E-state index contributed by atoms with van der Waals surface area (Å²) >= 11 is 0. The van der Waals surface area contributed by atoms with Crippen LogP contribution in [0.2, 0.25) is 0 Å². The number of guanidine groups is 1. The Morgan fingerprint density at radius 1 is 0.969 bits per heavy atom. The predicted octanol–water partition coefficient (Wildman–Crippen LogP) is 3.66. The first kappa shape index (κ1) is 27.6. The fourth-order valence-electron chi connectivity index (χ4n) is 4.86. The molecule has 3 fully saturated rings. The number of carbonyl (C=O) groups is 1. The average Bonchev–Trinajstić information content (AvgIpc) is 3.10. The van der Waals surface area contributed by atoms with Crippen LogP contribution in [-0.2, 0) is 14.3 Å². The maximum Gasteiger partial charge on any atom is 0.225 e. The van der Waals surface area contributed by atoms with Gasteiger partial charge in [0.05, 0.1) is 19.3 Å². The molecule has 0 bridgehead atoms. The first-order valence-corrected chi connectivity index (χ1v) is 12.8. The van der Waals surface area contributed by atoms with E-state index in [4.69, 9.17) is 14.5 Å². The number of nitrogens with one attached hydrogen (secondary N) is 1. The molecule has 3 rings (SSSR count). The summed E-state index contributed by atoms with van der Waals surface area (Å²) in [5, 5.41) is 3.44. The van der Waals surface area contributed by atoms with E-state index in [0.717, 1.165) is 77.5 Å². The first-order chi connectivity index (χ1) is 15.3. The Kier molecular flexibility index (Phi) is 13.9. The lowest BCUT2D eigenvalue weighted by Crippen LogP contribution is -2.50. The van der Waals surface area contributed by atoms with E-state index in [-0.39, 0.29) is 29.9 Å². The minimum Gasteiger partial charge on any atom is -0.378 e. The van der Waals surface area contributed by atoms with Gasteiger partial charge in [0.15, 0.2) is 5.96 Å². The molecule has 0 aromatic rings. The maximum absolute atomic E-state index is 12.8. The molecule has 186 valence electrons.